The van der Waals surface area contributed by atoms with Gasteiger partial charge >= 0.3 is 5.97 Å². The Hall–Kier alpha value is -1.07. The Morgan fingerprint density at radius 3 is 2.94 bits per heavy atom. The third-order valence-electron chi connectivity index (χ3n) is 3.27. The van der Waals surface area contributed by atoms with Gasteiger partial charge < -0.3 is 5.11 Å². The lowest BCUT2D eigenvalue weighted by Crippen LogP contribution is -2.34. The van der Waals surface area contributed by atoms with E-state index in [2.05, 4.69) is 4.98 Å². The van der Waals surface area contributed by atoms with Crippen molar-refractivity contribution in [2.45, 2.75) is 24.0 Å². The largest absolute Gasteiger partial charge is 0.480 e. The molecule has 5 heteroatoms. The van der Waals surface area contributed by atoms with Crippen molar-refractivity contribution in [2.75, 3.05) is 5.75 Å². The zero-order chi connectivity index (χ0) is 12.6. The van der Waals surface area contributed by atoms with Crippen LogP contribution in [0.15, 0.2) is 24.3 Å². The van der Waals surface area contributed by atoms with Crippen molar-refractivity contribution in [2.24, 2.45) is 0 Å². The summed E-state index contributed by atoms with van der Waals surface area (Å²) in [6.45, 7) is 0. The van der Waals surface area contributed by atoms with Crippen LogP contribution in [-0.4, -0.2) is 26.6 Å². The van der Waals surface area contributed by atoms with Gasteiger partial charge in [-0.2, -0.15) is 0 Å². The molecule has 1 atom stereocenters. The van der Waals surface area contributed by atoms with Gasteiger partial charge in [-0.15, -0.1) is 23.1 Å². The molecule has 1 aliphatic heterocycles. The number of carboxylic acids is 1. The van der Waals surface area contributed by atoms with E-state index in [-0.39, 0.29) is 0 Å². The first-order chi connectivity index (χ1) is 8.70. The average molecular weight is 279 g/mol. The molecule has 0 radical (unpaired) electrons. The van der Waals surface area contributed by atoms with Crippen LogP contribution in [0.1, 0.15) is 17.8 Å². The quantitative estimate of drug-likeness (QED) is 0.937. The van der Waals surface area contributed by atoms with E-state index in [4.69, 9.17) is 0 Å². The molecule has 94 valence electrons. The fourth-order valence-corrected chi connectivity index (χ4v) is 4.82. The van der Waals surface area contributed by atoms with Crippen molar-refractivity contribution >= 4 is 39.3 Å². The van der Waals surface area contributed by atoms with Crippen LogP contribution in [0.25, 0.3) is 10.2 Å². The zero-order valence-electron chi connectivity index (χ0n) is 9.76. The van der Waals surface area contributed by atoms with Gasteiger partial charge in [0.25, 0.3) is 0 Å². The maximum Gasteiger partial charge on any atom is 0.320 e. The van der Waals surface area contributed by atoms with Gasteiger partial charge in [0.05, 0.1) is 15.2 Å². The van der Waals surface area contributed by atoms with Gasteiger partial charge in [-0.25, -0.2) is 4.98 Å². The Balaban J connectivity index is 1.93. The highest BCUT2D eigenvalue weighted by Gasteiger charge is 2.43. The van der Waals surface area contributed by atoms with Crippen LogP contribution in [0.5, 0.6) is 0 Å². The molecule has 1 unspecified atom stereocenters. The van der Waals surface area contributed by atoms with Crippen LogP contribution in [0.3, 0.4) is 0 Å². The van der Waals surface area contributed by atoms with Gasteiger partial charge in [-0.3, -0.25) is 4.79 Å². The summed E-state index contributed by atoms with van der Waals surface area (Å²) in [7, 11) is 0. The van der Waals surface area contributed by atoms with Crippen LogP contribution in [0, 0.1) is 0 Å². The van der Waals surface area contributed by atoms with Crippen molar-refractivity contribution in [1.29, 1.82) is 0 Å². The highest BCUT2D eigenvalue weighted by Crippen LogP contribution is 2.42. The molecule has 1 aliphatic rings. The minimum absolute atomic E-state index is 0.548. The van der Waals surface area contributed by atoms with Crippen LogP contribution in [0.4, 0.5) is 0 Å². The smallest absolute Gasteiger partial charge is 0.320 e. The number of benzene rings is 1. The van der Waals surface area contributed by atoms with E-state index in [0.29, 0.717) is 6.42 Å². The molecule has 2 heterocycles. The molecule has 0 bridgehead atoms. The number of fused-ring (bicyclic) bond motifs is 1. The van der Waals surface area contributed by atoms with Crippen LogP contribution in [0.2, 0.25) is 0 Å². The lowest BCUT2D eigenvalue weighted by Gasteiger charge is -2.21. The number of hydrogen-bond donors (Lipinski definition) is 1. The summed E-state index contributed by atoms with van der Waals surface area (Å²) in [6.07, 6.45) is 2.29. The number of aliphatic carboxylic acids is 1. The third-order valence-corrected chi connectivity index (χ3v) is 5.87. The van der Waals surface area contributed by atoms with Gasteiger partial charge in [0.2, 0.25) is 0 Å². The van der Waals surface area contributed by atoms with E-state index in [1.165, 1.54) is 0 Å². The Bertz CT molecular complexity index is 554. The van der Waals surface area contributed by atoms with E-state index in [9.17, 15) is 9.90 Å². The van der Waals surface area contributed by atoms with Crippen LogP contribution >= 0.6 is 23.1 Å². The lowest BCUT2D eigenvalue weighted by molar-refractivity contribution is -0.139. The number of nitrogens with zero attached hydrogens (tertiary/aromatic N) is 1. The van der Waals surface area contributed by atoms with E-state index in [1.807, 2.05) is 24.3 Å². The molecule has 0 amide bonds. The van der Waals surface area contributed by atoms with Crippen LogP contribution < -0.4 is 0 Å². The monoisotopic (exact) mass is 279 g/mol. The number of carboxylic acid groups (broad SMARTS) is 1. The van der Waals surface area contributed by atoms with E-state index >= 15 is 0 Å². The molecule has 0 aliphatic carbocycles. The number of aromatic nitrogens is 1. The van der Waals surface area contributed by atoms with Gasteiger partial charge in [0.1, 0.15) is 4.75 Å². The molecular weight excluding hydrogens is 266 g/mol. The third kappa shape index (κ3) is 2.01. The molecule has 2 aromatic rings. The van der Waals surface area contributed by atoms with E-state index in [1.54, 1.807) is 23.1 Å². The van der Waals surface area contributed by atoms with E-state index < -0.39 is 10.7 Å². The zero-order valence-corrected chi connectivity index (χ0v) is 11.4. The summed E-state index contributed by atoms with van der Waals surface area (Å²) in [5, 5.41) is 10.4. The Morgan fingerprint density at radius 1 is 1.44 bits per heavy atom. The fraction of sp³-hybridized carbons (Fsp3) is 0.385. The predicted octanol–water partition coefficient (Wildman–Crippen LogP) is 3.19. The number of thiazole rings is 1. The number of rotatable bonds is 3. The second-order valence-electron chi connectivity index (χ2n) is 4.50. The van der Waals surface area contributed by atoms with Gasteiger partial charge in [0.15, 0.2) is 0 Å². The second kappa shape index (κ2) is 4.55. The van der Waals surface area contributed by atoms with E-state index in [0.717, 1.165) is 33.8 Å². The molecular formula is C13H13NO2S2. The summed E-state index contributed by atoms with van der Waals surface area (Å²) in [6, 6.07) is 7.96. The lowest BCUT2D eigenvalue weighted by atomic mass is 10.00. The van der Waals surface area contributed by atoms with Gasteiger partial charge in [-0.1, -0.05) is 12.1 Å². The van der Waals surface area contributed by atoms with Crippen molar-refractivity contribution in [3.05, 3.63) is 29.3 Å². The summed E-state index contributed by atoms with van der Waals surface area (Å²) < 4.78 is 0.490. The number of carbonyl (C=O) groups is 1. The van der Waals surface area contributed by atoms with Gasteiger partial charge in [-0.05, 0) is 30.7 Å². The SMILES string of the molecule is O=C(O)C1(Cc2nc3ccccc3s2)CCCS1. The van der Waals surface area contributed by atoms with Crippen molar-refractivity contribution < 1.29 is 9.90 Å². The standard InChI is InChI=1S/C13H13NO2S2/c15-12(16)13(6-3-7-17-13)8-11-14-9-4-1-2-5-10(9)18-11/h1-2,4-5H,3,6-8H2,(H,15,16). The Labute approximate surface area is 113 Å². The minimum atomic E-state index is -0.691. The average Bonchev–Trinajstić information content (AvgIpc) is 2.95. The van der Waals surface area contributed by atoms with Crippen LogP contribution in [-0.2, 0) is 11.2 Å². The number of hydrogen-bond acceptors (Lipinski definition) is 4. The molecule has 1 aromatic heterocycles. The normalized spacial score (nSPS) is 23.6. The number of para-hydroxylation sites is 1. The second-order valence-corrected chi connectivity index (χ2v) is 7.10. The molecule has 1 N–H and O–H groups in total. The molecule has 3 rings (SSSR count). The van der Waals surface area contributed by atoms with Crippen molar-refractivity contribution in [1.82, 2.24) is 4.98 Å². The predicted molar refractivity (Wildman–Crippen MR) is 75.4 cm³/mol. The highest BCUT2D eigenvalue weighted by atomic mass is 32.2. The summed E-state index contributed by atoms with van der Waals surface area (Å²) in [5.41, 5.74) is 0.973. The fourth-order valence-electron chi connectivity index (χ4n) is 2.32. The molecule has 3 nitrogen and oxygen atoms in total. The first-order valence-corrected chi connectivity index (χ1v) is 7.72. The summed E-state index contributed by atoms with van der Waals surface area (Å²) in [5.74, 6) is 0.251. The minimum Gasteiger partial charge on any atom is -0.480 e. The number of thioether (sulfide) groups is 1. The molecule has 1 aromatic carbocycles. The van der Waals surface area contributed by atoms with Crippen molar-refractivity contribution in [3.63, 3.8) is 0 Å². The maximum atomic E-state index is 11.5. The summed E-state index contributed by atoms with van der Waals surface area (Å²) in [4.78, 5) is 16.0. The molecule has 18 heavy (non-hydrogen) atoms. The highest BCUT2D eigenvalue weighted by molar-refractivity contribution is 8.01. The Morgan fingerprint density at radius 2 is 2.28 bits per heavy atom. The topological polar surface area (TPSA) is 50.2 Å². The van der Waals surface area contributed by atoms with Gasteiger partial charge in [0, 0.05) is 6.42 Å². The first kappa shape index (κ1) is 12.0. The molecule has 1 fully saturated rings. The molecule has 1 saturated heterocycles. The first-order valence-electron chi connectivity index (χ1n) is 5.91. The summed E-state index contributed by atoms with van der Waals surface area (Å²) >= 11 is 3.18. The van der Waals surface area contributed by atoms with Crippen molar-refractivity contribution in [3.8, 4) is 0 Å². The molecule has 0 saturated carbocycles. The Kier molecular flexibility index (Phi) is 3.03. The molecule has 0 spiro atoms. The maximum absolute atomic E-state index is 11.5.